The fourth-order valence-electron chi connectivity index (χ4n) is 3.33. The van der Waals surface area contributed by atoms with Crippen molar-refractivity contribution < 1.29 is 18.0 Å². The summed E-state index contributed by atoms with van der Waals surface area (Å²) in [5.41, 5.74) is 0.486. The van der Waals surface area contributed by atoms with Crippen molar-refractivity contribution in [1.29, 1.82) is 0 Å². The van der Waals surface area contributed by atoms with E-state index < -0.39 is 11.7 Å². The van der Waals surface area contributed by atoms with Crippen molar-refractivity contribution in [3.63, 3.8) is 0 Å². The van der Waals surface area contributed by atoms with E-state index in [2.05, 4.69) is 24.4 Å². The molecule has 4 rings (SSSR count). The number of allylic oxidation sites excluding steroid dienone is 1. The largest absolute Gasteiger partial charge is 0.416 e. The molecule has 28 heavy (non-hydrogen) atoms. The topological polar surface area (TPSA) is 29.1 Å². The third-order valence-corrected chi connectivity index (χ3v) is 6.92. The standard InChI is InChI=1S/C22H16F3NOS/c1-2-28-19-12-9-14-5-3-4-6-17(14)21(19)26-20(28)13-18(27)15-7-10-16(11-8-15)22(23,24)25/h3-13H,2H2,1H3/p+1. The number of nitrogens with one attached hydrogen (secondary N) is 1. The Morgan fingerprint density at radius 2 is 1.75 bits per heavy atom. The lowest BCUT2D eigenvalue weighted by Gasteiger charge is -2.06. The molecular weight excluding hydrogens is 383 g/mol. The van der Waals surface area contributed by atoms with Crippen LogP contribution in [0.5, 0.6) is 0 Å². The summed E-state index contributed by atoms with van der Waals surface area (Å²) in [5, 5.41) is 6.40. The number of carbonyl (C=O) groups excluding carboxylic acids is 1. The molecule has 0 fully saturated rings. The molecule has 0 amide bonds. The van der Waals surface area contributed by atoms with E-state index in [-0.39, 0.29) is 22.2 Å². The highest BCUT2D eigenvalue weighted by atomic mass is 32.2. The lowest BCUT2D eigenvalue weighted by atomic mass is 10.1. The monoisotopic (exact) mass is 400 g/mol. The van der Waals surface area contributed by atoms with Gasteiger partial charge in [0.05, 0.1) is 22.5 Å². The highest BCUT2D eigenvalue weighted by Gasteiger charge is 2.38. The minimum Gasteiger partial charge on any atom is -0.311 e. The Labute approximate surface area is 163 Å². The summed E-state index contributed by atoms with van der Waals surface area (Å²) in [6.45, 7) is 2.06. The molecule has 1 heterocycles. The number of hydrogen-bond donors (Lipinski definition) is 1. The molecule has 0 radical (unpaired) electrons. The van der Waals surface area contributed by atoms with E-state index >= 15 is 0 Å². The maximum atomic E-state index is 12.7. The summed E-state index contributed by atoms with van der Waals surface area (Å²) in [7, 11) is -0.267. The molecule has 1 aliphatic rings. The van der Waals surface area contributed by atoms with Crippen LogP contribution in [0, 0.1) is 0 Å². The molecule has 0 saturated carbocycles. The van der Waals surface area contributed by atoms with Crippen molar-refractivity contribution in [2.24, 2.45) is 0 Å². The number of hydrogen-bond acceptors (Lipinski definition) is 2. The molecule has 6 heteroatoms. The van der Waals surface area contributed by atoms with E-state index in [9.17, 15) is 18.0 Å². The number of fused-ring (bicyclic) bond motifs is 3. The van der Waals surface area contributed by atoms with E-state index in [0.717, 1.165) is 44.3 Å². The molecule has 1 N–H and O–H groups in total. The number of alkyl halides is 3. The van der Waals surface area contributed by atoms with Crippen LogP contribution in [0.25, 0.3) is 10.8 Å². The Hall–Kier alpha value is -2.73. The van der Waals surface area contributed by atoms with Crippen LogP contribution in [0.4, 0.5) is 18.9 Å². The highest BCUT2D eigenvalue weighted by Crippen LogP contribution is 2.41. The first kappa shape index (κ1) is 18.6. The third-order valence-electron chi connectivity index (χ3n) is 4.72. The summed E-state index contributed by atoms with van der Waals surface area (Å²) in [4.78, 5) is 13.8. The zero-order chi connectivity index (χ0) is 19.9. The van der Waals surface area contributed by atoms with Crippen molar-refractivity contribution in [1.82, 2.24) is 0 Å². The molecule has 1 aliphatic heterocycles. The molecule has 2 nitrogen and oxygen atoms in total. The molecule has 0 spiro atoms. The number of carbonyl (C=O) groups is 1. The summed E-state index contributed by atoms with van der Waals surface area (Å²) in [6, 6.07) is 16.5. The molecule has 3 aromatic carbocycles. The van der Waals surface area contributed by atoms with Gasteiger partial charge in [-0.25, -0.2) is 0 Å². The van der Waals surface area contributed by atoms with Crippen LogP contribution in [-0.4, -0.2) is 11.5 Å². The van der Waals surface area contributed by atoms with Gasteiger partial charge in [-0.3, -0.25) is 4.79 Å². The van der Waals surface area contributed by atoms with Gasteiger partial charge < -0.3 is 5.32 Å². The summed E-state index contributed by atoms with van der Waals surface area (Å²) < 4.78 is 38.2. The van der Waals surface area contributed by atoms with Gasteiger partial charge in [-0.15, -0.1) is 0 Å². The van der Waals surface area contributed by atoms with Crippen LogP contribution in [0.15, 0.2) is 76.7 Å². The molecule has 0 bridgehead atoms. The summed E-state index contributed by atoms with van der Waals surface area (Å²) in [5.74, 6) is 0.532. The predicted molar refractivity (Wildman–Crippen MR) is 108 cm³/mol. The molecular formula is C22H17F3NOS+. The van der Waals surface area contributed by atoms with Gasteiger partial charge in [-0.05, 0) is 36.6 Å². The number of anilines is 1. The van der Waals surface area contributed by atoms with E-state index in [1.165, 1.54) is 18.2 Å². The maximum Gasteiger partial charge on any atom is 0.416 e. The second-order valence-corrected chi connectivity index (χ2v) is 8.65. The number of benzene rings is 3. The average Bonchev–Trinajstić information content (AvgIpc) is 3.04. The fourth-order valence-corrected chi connectivity index (χ4v) is 5.31. The van der Waals surface area contributed by atoms with Gasteiger partial charge in [0.1, 0.15) is 11.4 Å². The smallest absolute Gasteiger partial charge is 0.311 e. The van der Waals surface area contributed by atoms with Crippen LogP contribution in [0.2, 0.25) is 0 Å². The van der Waals surface area contributed by atoms with Crippen LogP contribution in [0.1, 0.15) is 22.8 Å². The summed E-state index contributed by atoms with van der Waals surface area (Å²) in [6.07, 6.45) is -2.89. The maximum absolute atomic E-state index is 12.7. The second kappa shape index (κ2) is 7.02. The van der Waals surface area contributed by atoms with Crippen LogP contribution < -0.4 is 5.32 Å². The fraction of sp³-hybridized carbons (Fsp3) is 0.136. The zero-order valence-electron chi connectivity index (χ0n) is 15.0. The van der Waals surface area contributed by atoms with E-state index in [0.29, 0.717) is 0 Å². The van der Waals surface area contributed by atoms with Gasteiger partial charge in [-0.1, -0.05) is 36.4 Å². The van der Waals surface area contributed by atoms with Crippen molar-refractivity contribution in [2.45, 2.75) is 18.0 Å². The number of halogens is 3. The van der Waals surface area contributed by atoms with Gasteiger partial charge >= 0.3 is 6.18 Å². The quantitative estimate of drug-likeness (QED) is 0.332. The van der Waals surface area contributed by atoms with Crippen LogP contribution in [-0.2, 0) is 17.1 Å². The zero-order valence-corrected chi connectivity index (χ0v) is 15.8. The van der Waals surface area contributed by atoms with Crippen molar-refractivity contribution in [2.75, 3.05) is 11.1 Å². The second-order valence-electron chi connectivity index (χ2n) is 6.41. The van der Waals surface area contributed by atoms with Crippen LogP contribution >= 0.6 is 0 Å². The van der Waals surface area contributed by atoms with E-state index in [1.807, 2.05) is 24.3 Å². The minimum atomic E-state index is -4.41. The normalized spacial score (nSPS) is 17.6. The Kier molecular flexibility index (Phi) is 4.67. The first-order valence-corrected chi connectivity index (χ1v) is 10.2. The van der Waals surface area contributed by atoms with Crippen molar-refractivity contribution in [3.8, 4) is 0 Å². The van der Waals surface area contributed by atoms with Crippen LogP contribution in [0.3, 0.4) is 0 Å². The Morgan fingerprint density at radius 1 is 1.04 bits per heavy atom. The van der Waals surface area contributed by atoms with Gasteiger partial charge in [0.25, 0.3) is 0 Å². The van der Waals surface area contributed by atoms with E-state index in [1.54, 1.807) is 0 Å². The Bertz CT molecular complexity index is 1090. The minimum absolute atomic E-state index is 0.239. The first-order chi connectivity index (χ1) is 13.4. The van der Waals surface area contributed by atoms with Gasteiger partial charge in [0.15, 0.2) is 10.7 Å². The molecule has 0 saturated heterocycles. The molecule has 0 aromatic heterocycles. The molecule has 0 aliphatic carbocycles. The lowest BCUT2D eigenvalue weighted by Crippen LogP contribution is -2.09. The average molecular weight is 400 g/mol. The van der Waals surface area contributed by atoms with Crippen molar-refractivity contribution in [3.05, 3.63) is 82.9 Å². The van der Waals surface area contributed by atoms with Gasteiger partial charge in [0.2, 0.25) is 5.03 Å². The number of ketones is 1. The summed E-state index contributed by atoms with van der Waals surface area (Å²) >= 11 is 0. The van der Waals surface area contributed by atoms with E-state index in [4.69, 9.17) is 0 Å². The van der Waals surface area contributed by atoms with Gasteiger partial charge in [0, 0.05) is 10.9 Å². The Balaban J connectivity index is 1.67. The highest BCUT2D eigenvalue weighted by molar-refractivity contribution is 8.01. The first-order valence-electron chi connectivity index (χ1n) is 8.81. The van der Waals surface area contributed by atoms with Gasteiger partial charge in [-0.2, -0.15) is 13.2 Å². The Morgan fingerprint density at radius 3 is 2.43 bits per heavy atom. The molecule has 1 atom stereocenters. The molecule has 142 valence electrons. The predicted octanol–water partition coefficient (Wildman–Crippen LogP) is 6.01. The van der Waals surface area contributed by atoms with Crippen molar-refractivity contribution >= 4 is 33.1 Å². The molecule has 1 unspecified atom stereocenters. The molecule has 3 aromatic rings. The lowest BCUT2D eigenvalue weighted by molar-refractivity contribution is -0.137. The SMILES string of the molecule is CC[S+]1C(=CC(=O)c2ccc(C(F)(F)F)cc2)Nc2c1ccc1ccccc21. The number of rotatable bonds is 3. The third kappa shape index (κ3) is 3.29.